The lowest BCUT2D eigenvalue weighted by Gasteiger charge is -2.06. The number of halogens is 2. The van der Waals surface area contributed by atoms with Crippen molar-refractivity contribution in [3.05, 3.63) is 19.8 Å². The van der Waals surface area contributed by atoms with Crippen LogP contribution in [0.1, 0.15) is 24.6 Å². The average Bonchev–Trinajstić information content (AvgIpc) is 2.77. The fourth-order valence-corrected chi connectivity index (χ4v) is 3.48. The number of ketones is 1. The van der Waals surface area contributed by atoms with Crippen molar-refractivity contribution in [3.8, 4) is 0 Å². The van der Waals surface area contributed by atoms with E-state index in [-0.39, 0.29) is 11.2 Å². The van der Waals surface area contributed by atoms with E-state index < -0.39 is 0 Å². The van der Waals surface area contributed by atoms with E-state index >= 15 is 0 Å². The molecule has 70 valence electrons. The molecule has 1 aliphatic carbocycles. The molecule has 0 atom stereocenters. The van der Waals surface area contributed by atoms with E-state index in [9.17, 15) is 4.79 Å². The van der Waals surface area contributed by atoms with E-state index in [4.69, 9.17) is 11.6 Å². The lowest BCUT2D eigenvalue weighted by molar-refractivity contribution is -0.119. The molecule has 0 aliphatic heterocycles. The maximum Gasteiger partial charge on any atom is 0.141 e. The van der Waals surface area contributed by atoms with Crippen molar-refractivity contribution in [3.63, 3.8) is 0 Å². The molecule has 0 unspecified atom stereocenters. The third-order valence-electron chi connectivity index (χ3n) is 2.54. The van der Waals surface area contributed by atoms with Gasteiger partial charge in [0.15, 0.2) is 0 Å². The maximum atomic E-state index is 11.4. The molecule has 1 aromatic rings. The molecule has 13 heavy (non-hydrogen) atoms. The first kappa shape index (κ1) is 9.69. The van der Waals surface area contributed by atoms with Crippen molar-refractivity contribution in [1.29, 1.82) is 0 Å². The predicted octanol–water partition coefficient (Wildman–Crippen LogP) is 3.78. The third-order valence-corrected chi connectivity index (χ3v) is 5.22. The molecule has 1 nitrogen and oxygen atoms in total. The second-order valence-electron chi connectivity index (χ2n) is 3.37. The summed E-state index contributed by atoms with van der Waals surface area (Å²) in [7, 11) is 0. The Kier molecular flexibility index (Phi) is 2.29. The third kappa shape index (κ3) is 1.47. The maximum absolute atomic E-state index is 11.4. The van der Waals surface area contributed by atoms with Crippen LogP contribution in [-0.4, -0.2) is 5.78 Å². The van der Waals surface area contributed by atoms with Crippen molar-refractivity contribution >= 4 is 44.7 Å². The summed E-state index contributed by atoms with van der Waals surface area (Å²) in [4.78, 5) is 12.5. The number of thiophene rings is 1. The van der Waals surface area contributed by atoms with Gasteiger partial charge in [-0.3, -0.25) is 4.79 Å². The van der Waals surface area contributed by atoms with Crippen LogP contribution < -0.4 is 0 Å². The summed E-state index contributed by atoms with van der Waals surface area (Å²) in [5.41, 5.74) is -0.180. The van der Waals surface area contributed by atoms with Gasteiger partial charge in [0.1, 0.15) is 10.1 Å². The van der Waals surface area contributed by atoms with Gasteiger partial charge in [-0.2, -0.15) is 0 Å². The first-order chi connectivity index (χ1) is 6.06. The minimum atomic E-state index is -0.180. The molecule has 4 heteroatoms. The largest absolute Gasteiger partial charge is 0.299 e. The van der Waals surface area contributed by atoms with Gasteiger partial charge in [0.25, 0.3) is 0 Å². The number of hydrogen-bond acceptors (Lipinski definition) is 2. The Labute approximate surface area is 94.2 Å². The smallest absolute Gasteiger partial charge is 0.141 e. The van der Waals surface area contributed by atoms with Crippen LogP contribution in [0.25, 0.3) is 0 Å². The Morgan fingerprint density at radius 3 is 2.62 bits per heavy atom. The highest BCUT2D eigenvalue weighted by Gasteiger charge is 2.50. The molecule has 2 rings (SSSR count). The van der Waals surface area contributed by atoms with Gasteiger partial charge < -0.3 is 0 Å². The number of rotatable bonds is 2. The molecule has 1 aliphatic rings. The van der Waals surface area contributed by atoms with Crippen molar-refractivity contribution in [1.82, 2.24) is 0 Å². The molecule has 0 bridgehead atoms. The van der Waals surface area contributed by atoms with Crippen molar-refractivity contribution in [2.75, 3.05) is 0 Å². The van der Waals surface area contributed by atoms with E-state index in [1.165, 1.54) is 11.3 Å². The SMILES string of the molecule is CC(=O)C1(c2cc(Br)c(Cl)s2)CC1. The quantitative estimate of drug-likeness (QED) is 0.805. The van der Waals surface area contributed by atoms with Crippen molar-refractivity contribution < 1.29 is 4.79 Å². The zero-order chi connectivity index (χ0) is 9.64. The molecule has 1 fully saturated rings. The van der Waals surface area contributed by atoms with Crippen LogP contribution in [0, 0.1) is 0 Å². The van der Waals surface area contributed by atoms with Gasteiger partial charge in [-0.25, -0.2) is 0 Å². The molecule has 0 aromatic carbocycles. The first-order valence-electron chi connectivity index (χ1n) is 4.02. The van der Waals surface area contributed by atoms with Crippen LogP contribution in [0.3, 0.4) is 0 Å². The topological polar surface area (TPSA) is 17.1 Å². The van der Waals surface area contributed by atoms with Gasteiger partial charge in [-0.1, -0.05) is 11.6 Å². The fourth-order valence-electron chi connectivity index (χ4n) is 1.48. The molecule has 0 radical (unpaired) electrons. The van der Waals surface area contributed by atoms with E-state index in [0.717, 1.165) is 26.5 Å². The monoisotopic (exact) mass is 278 g/mol. The molecule has 0 amide bonds. The number of carbonyl (C=O) groups is 1. The molecule has 0 saturated heterocycles. The van der Waals surface area contributed by atoms with Crippen LogP contribution in [0.4, 0.5) is 0 Å². The van der Waals surface area contributed by atoms with E-state index in [0.29, 0.717) is 0 Å². The van der Waals surface area contributed by atoms with Gasteiger partial charge in [-0.15, -0.1) is 11.3 Å². The normalized spacial score (nSPS) is 18.7. The summed E-state index contributed by atoms with van der Waals surface area (Å²) >= 11 is 10.8. The van der Waals surface area contributed by atoms with Crippen LogP contribution in [0.15, 0.2) is 10.5 Å². The van der Waals surface area contributed by atoms with E-state index in [1.807, 2.05) is 6.07 Å². The van der Waals surface area contributed by atoms with Gasteiger partial charge >= 0.3 is 0 Å². The van der Waals surface area contributed by atoms with Gasteiger partial charge in [0.2, 0.25) is 0 Å². The summed E-state index contributed by atoms with van der Waals surface area (Å²) < 4.78 is 1.64. The minimum absolute atomic E-state index is 0.180. The number of carbonyl (C=O) groups excluding carboxylic acids is 1. The van der Waals surface area contributed by atoms with Gasteiger partial charge in [0.05, 0.1) is 5.41 Å². The van der Waals surface area contributed by atoms with Gasteiger partial charge in [-0.05, 0) is 41.8 Å². The van der Waals surface area contributed by atoms with Gasteiger partial charge in [0, 0.05) is 9.35 Å². The van der Waals surface area contributed by atoms with Crippen LogP contribution in [0.2, 0.25) is 4.34 Å². The Morgan fingerprint density at radius 2 is 2.31 bits per heavy atom. The van der Waals surface area contributed by atoms with E-state index in [2.05, 4.69) is 15.9 Å². The van der Waals surface area contributed by atoms with Crippen LogP contribution in [-0.2, 0) is 10.2 Å². The highest BCUT2D eigenvalue weighted by atomic mass is 79.9. The van der Waals surface area contributed by atoms with Crippen LogP contribution >= 0.6 is 38.9 Å². The zero-order valence-electron chi connectivity index (χ0n) is 7.06. The minimum Gasteiger partial charge on any atom is -0.299 e. The Balaban J connectivity index is 2.41. The number of hydrogen-bond donors (Lipinski definition) is 0. The molecule has 0 spiro atoms. The molecular weight excluding hydrogens is 272 g/mol. The van der Waals surface area contributed by atoms with E-state index in [1.54, 1.807) is 6.92 Å². The first-order valence-corrected chi connectivity index (χ1v) is 6.01. The molecule has 1 heterocycles. The summed E-state index contributed by atoms with van der Waals surface area (Å²) in [5.74, 6) is 0.262. The second-order valence-corrected chi connectivity index (χ2v) is 5.88. The summed E-state index contributed by atoms with van der Waals surface area (Å²) in [6, 6.07) is 1.97. The van der Waals surface area contributed by atoms with Crippen LogP contribution in [0.5, 0.6) is 0 Å². The zero-order valence-corrected chi connectivity index (χ0v) is 10.2. The molecule has 1 aromatic heterocycles. The summed E-state index contributed by atoms with van der Waals surface area (Å²) in [6.45, 7) is 1.66. The lowest BCUT2D eigenvalue weighted by atomic mass is 10.0. The Hall–Kier alpha value is 0.140. The highest BCUT2D eigenvalue weighted by molar-refractivity contribution is 9.10. The second kappa shape index (κ2) is 3.07. The molecule has 1 saturated carbocycles. The Bertz CT molecular complexity index is 348. The molecular formula is C9H8BrClOS. The summed E-state index contributed by atoms with van der Waals surface area (Å²) in [5, 5.41) is 0. The Morgan fingerprint density at radius 1 is 1.69 bits per heavy atom. The number of Topliss-reactive ketones (excluding diaryl/α,β-unsaturated/α-hetero) is 1. The lowest BCUT2D eigenvalue weighted by Crippen LogP contribution is -2.14. The predicted molar refractivity (Wildman–Crippen MR) is 58.6 cm³/mol. The average molecular weight is 280 g/mol. The fraction of sp³-hybridized carbons (Fsp3) is 0.444. The highest BCUT2D eigenvalue weighted by Crippen LogP contribution is 2.53. The standard InChI is InChI=1S/C9H8BrClOS/c1-5(12)9(2-3-9)7-4-6(10)8(11)13-7/h4H,2-3H2,1H3. The molecule has 0 N–H and O–H groups in total. The van der Waals surface area contributed by atoms with Crippen molar-refractivity contribution in [2.24, 2.45) is 0 Å². The summed E-state index contributed by atoms with van der Waals surface area (Å²) in [6.07, 6.45) is 1.96. The van der Waals surface area contributed by atoms with Crippen molar-refractivity contribution in [2.45, 2.75) is 25.2 Å².